The lowest BCUT2D eigenvalue weighted by Crippen LogP contribution is -1.99. The lowest BCUT2D eigenvalue weighted by atomic mass is 10.3. The molecule has 0 bridgehead atoms. The van der Waals surface area contributed by atoms with Crippen LogP contribution in [0.5, 0.6) is 0 Å². The minimum absolute atomic E-state index is 0.107. The number of carbonyl (C=O) groups excluding carboxylic acids is 1. The first-order valence-electron chi connectivity index (χ1n) is 3.39. The summed E-state index contributed by atoms with van der Waals surface area (Å²) in [5, 5.41) is 2.06. The van der Waals surface area contributed by atoms with Gasteiger partial charge in [-0.1, -0.05) is 0 Å². The first-order valence-corrected chi connectivity index (χ1v) is 5.70. The second kappa shape index (κ2) is 3.93. The third kappa shape index (κ3) is 2.43. The number of anilines is 1. The van der Waals surface area contributed by atoms with E-state index in [1.165, 1.54) is 0 Å². The van der Waals surface area contributed by atoms with Crippen LogP contribution in [0.15, 0.2) is 23.1 Å². The second-order valence-corrected chi connectivity index (χ2v) is 4.91. The molecule has 0 aromatic heterocycles. The average molecular weight is 238 g/mol. The van der Waals surface area contributed by atoms with Crippen molar-refractivity contribution in [3.8, 4) is 0 Å². The smallest absolute Gasteiger partial charge is 0.261 e. The van der Waals surface area contributed by atoms with E-state index in [0.29, 0.717) is 0 Å². The number of hydrogen-bond acceptors (Lipinski definition) is 3. The molecule has 0 aliphatic rings. The highest BCUT2D eigenvalue weighted by atomic mass is 35.7. The Hall–Kier alpha value is -1.14. The van der Waals surface area contributed by atoms with Gasteiger partial charge < -0.3 is 5.32 Å². The fraction of sp³-hybridized carbons (Fsp3) is 0. The van der Waals surface area contributed by atoms with Crippen LogP contribution in [-0.4, -0.2) is 14.8 Å². The predicted octanol–water partition coefficient (Wildman–Crippen LogP) is 1.32. The monoisotopic (exact) mass is 237 g/mol. The van der Waals surface area contributed by atoms with Crippen LogP contribution in [0.1, 0.15) is 0 Å². The summed E-state index contributed by atoms with van der Waals surface area (Å²) in [6.45, 7) is 0. The van der Waals surface area contributed by atoms with Gasteiger partial charge in [-0.15, -0.1) is 0 Å². The van der Waals surface area contributed by atoms with E-state index in [1.807, 2.05) is 0 Å². The second-order valence-electron chi connectivity index (χ2n) is 2.34. The standard InChI is InChI=1S/C7H5ClFNO3S/c8-14(12,13)5-1-2-7(10-4-11)6(9)3-5/h1-4H,(H,10,11). The van der Waals surface area contributed by atoms with E-state index in [1.54, 1.807) is 0 Å². The summed E-state index contributed by atoms with van der Waals surface area (Å²) in [4.78, 5) is 9.63. The van der Waals surface area contributed by atoms with E-state index >= 15 is 0 Å². The van der Waals surface area contributed by atoms with Crippen molar-refractivity contribution in [3.05, 3.63) is 24.0 Å². The van der Waals surface area contributed by atoms with Gasteiger partial charge in [-0.3, -0.25) is 4.79 Å². The molecule has 0 saturated carbocycles. The molecular formula is C7H5ClFNO3S. The van der Waals surface area contributed by atoms with E-state index in [2.05, 4.69) is 5.32 Å². The van der Waals surface area contributed by atoms with Crippen molar-refractivity contribution in [2.24, 2.45) is 0 Å². The van der Waals surface area contributed by atoms with Gasteiger partial charge in [0.05, 0.1) is 10.6 Å². The topological polar surface area (TPSA) is 63.2 Å². The maximum atomic E-state index is 13.0. The zero-order valence-electron chi connectivity index (χ0n) is 6.70. The molecule has 0 aliphatic heterocycles. The van der Waals surface area contributed by atoms with Crippen LogP contribution in [0.2, 0.25) is 0 Å². The number of hydrogen-bond donors (Lipinski definition) is 1. The fourth-order valence-electron chi connectivity index (χ4n) is 0.828. The highest BCUT2D eigenvalue weighted by Crippen LogP contribution is 2.20. The number of halogens is 2. The Balaban J connectivity index is 3.19. The van der Waals surface area contributed by atoms with Gasteiger partial charge in [0.2, 0.25) is 6.41 Å². The summed E-state index contributed by atoms with van der Waals surface area (Å²) < 4.78 is 34.5. The van der Waals surface area contributed by atoms with Crippen LogP contribution < -0.4 is 5.32 Å². The fourth-order valence-corrected chi connectivity index (χ4v) is 1.59. The minimum atomic E-state index is -3.94. The number of benzene rings is 1. The third-order valence-corrected chi connectivity index (χ3v) is 2.79. The number of carbonyl (C=O) groups is 1. The molecule has 1 aromatic carbocycles. The number of rotatable bonds is 3. The summed E-state index contributed by atoms with van der Waals surface area (Å²) in [5.41, 5.74) is -0.107. The molecular weight excluding hydrogens is 233 g/mol. The van der Waals surface area contributed by atoms with Gasteiger partial charge >= 0.3 is 0 Å². The average Bonchev–Trinajstić information content (AvgIpc) is 2.07. The zero-order valence-corrected chi connectivity index (χ0v) is 8.27. The van der Waals surface area contributed by atoms with Crippen LogP contribution in [0.4, 0.5) is 10.1 Å². The van der Waals surface area contributed by atoms with Crippen molar-refractivity contribution in [3.63, 3.8) is 0 Å². The van der Waals surface area contributed by atoms with Crippen molar-refractivity contribution >= 4 is 31.8 Å². The molecule has 0 saturated heterocycles. The van der Waals surface area contributed by atoms with E-state index in [4.69, 9.17) is 10.7 Å². The molecule has 7 heteroatoms. The van der Waals surface area contributed by atoms with Crippen LogP contribution in [-0.2, 0) is 13.8 Å². The summed E-state index contributed by atoms with van der Waals surface area (Å²) in [6, 6.07) is 2.93. The van der Waals surface area contributed by atoms with Gasteiger partial charge in [0.15, 0.2) is 0 Å². The Morgan fingerprint density at radius 2 is 2.07 bits per heavy atom. The molecule has 0 radical (unpaired) electrons. The molecule has 1 amide bonds. The third-order valence-electron chi connectivity index (χ3n) is 1.44. The Labute approximate surface area is 84.1 Å². The molecule has 1 aromatic rings. The van der Waals surface area contributed by atoms with Crippen molar-refractivity contribution in [1.82, 2.24) is 0 Å². The van der Waals surface area contributed by atoms with Gasteiger partial charge in [-0.05, 0) is 18.2 Å². The van der Waals surface area contributed by atoms with Crippen LogP contribution in [0.3, 0.4) is 0 Å². The predicted molar refractivity (Wildman–Crippen MR) is 49.1 cm³/mol. The van der Waals surface area contributed by atoms with Crippen molar-refractivity contribution in [2.75, 3.05) is 5.32 Å². The first-order chi connectivity index (χ1) is 6.45. The Morgan fingerprint density at radius 3 is 2.50 bits per heavy atom. The lowest BCUT2D eigenvalue weighted by Gasteiger charge is -2.01. The van der Waals surface area contributed by atoms with Gasteiger partial charge in [-0.25, -0.2) is 12.8 Å². The highest BCUT2D eigenvalue weighted by Gasteiger charge is 2.12. The van der Waals surface area contributed by atoms with Crippen LogP contribution in [0.25, 0.3) is 0 Å². The number of amides is 1. The normalized spacial score (nSPS) is 11.0. The summed E-state index contributed by atoms with van der Waals surface area (Å²) in [7, 11) is 1.03. The van der Waals surface area contributed by atoms with E-state index in [0.717, 1.165) is 18.2 Å². The van der Waals surface area contributed by atoms with E-state index < -0.39 is 14.9 Å². The molecule has 0 unspecified atom stereocenters. The van der Waals surface area contributed by atoms with Gasteiger partial charge in [0, 0.05) is 10.7 Å². The summed E-state index contributed by atoms with van der Waals surface area (Å²) >= 11 is 0. The van der Waals surface area contributed by atoms with Crippen LogP contribution >= 0.6 is 10.7 Å². The Bertz CT molecular complexity index is 460. The van der Waals surface area contributed by atoms with Gasteiger partial charge in [0.25, 0.3) is 9.05 Å². The maximum absolute atomic E-state index is 13.0. The first kappa shape index (κ1) is 10.9. The van der Waals surface area contributed by atoms with Crippen LogP contribution in [0, 0.1) is 5.82 Å². The van der Waals surface area contributed by atoms with E-state index in [-0.39, 0.29) is 17.0 Å². The van der Waals surface area contributed by atoms with E-state index in [9.17, 15) is 17.6 Å². The molecule has 0 atom stereocenters. The molecule has 4 nitrogen and oxygen atoms in total. The van der Waals surface area contributed by atoms with Gasteiger partial charge in [0.1, 0.15) is 5.82 Å². The summed E-state index contributed by atoms with van der Waals surface area (Å²) in [5.74, 6) is -0.862. The summed E-state index contributed by atoms with van der Waals surface area (Å²) in [6.07, 6.45) is 0.285. The maximum Gasteiger partial charge on any atom is 0.261 e. The van der Waals surface area contributed by atoms with Crippen molar-refractivity contribution < 1.29 is 17.6 Å². The van der Waals surface area contributed by atoms with Gasteiger partial charge in [-0.2, -0.15) is 0 Å². The molecule has 0 aliphatic carbocycles. The zero-order chi connectivity index (χ0) is 10.8. The molecule has 14 heavy (non-hydrogen) atoms. The molecule has 0 spiro atoms. The highest BCUT2D eigenvalue weighted by molar-refractivity contribution is 8.13. The Morgan fingerprint density at radius 1 is 1.43 bits per heavy atom. The molecule has 0 fully saturated rings. The number of nitrogens with one attached hydrogen (secondary N) is 1. The SMILES string of the molecule is O=CNc1ccc(S(=O)(=O)Cl)cc1F. The molecule has 0 heterocycles. The van der Waals surface area contributed by atoms with Crippen molar-refractivity contribution in [2.45, 2.75) is 4.90 Å². The molecule has 1 N–H and O–H groups in total. The Kier molecular flexibility index (Phi) is 3.07. The molecule has 1 rings (SSSR count). The largest absolute Gasteiger partial charge is 0.326 e. The lowest BCUT2D eigenvalue weighted by molar-refractivity contribution is -0.105. The quantitative estimate of drug-likeness (QED) is 0.637. The minimum Gasteiger partial charge on any atom is -0.326 e. The molecule has 76 valence electrons. The van der Waals surface area contributed by atoms with Crippen molar-refractivity contribution in [1.29, 1.82) is 0 Å².